The molecule has 40 heavy (non-hydrogen) atoms. The summed E-state index contributed by atoms with van der Waals surface area (Å²) in [6.07, 6.45) is 1.25. The number of furan rings is 1. The maximum absolute atomic E-state index is 13.8. The Hall–Kier alpha value is -3.80. The molecule has 204 valence electrons. The van der Waals surface area contributed by atoms with Crippen molar-refractivity contribution in [3.63, 3.8) is 0 Å². The first-order valence-corrected chi connectivity index (χ1v) is 14.1. The number of carbonyl (C=O) groups excluding carboxylic acids is 1. The highest BCUT2D eigenvalue weighted by Gasteiger charge is 2.33. The molecule has 0 amide bonds. The summed E-state index contributed by atoms with van der Waals surface area (Å²) < 4.78 is 13.8. The molecule has 0 bridgehead atoms. The number of esters is 1. The lowest BCUT2D eigenvalue weighted by Gasteiger charge is -2.25. The van der Waals surface area contributed by atoms with Gasteiger partial charge >= 0.3 is 5.97 Å². The van der Waals surface area contributed by atoms with E-state index in [9.17, 15) is 19.7 Å². The van der Waals surface area contributed by atoms with Gasteiger partial charge in [-0.05, 0) is 72.6 Å². The van der Waals surface area contributed by atoms with Gasteiger partial charge in [0.1, 0.15) is 11.5 Å². The predicted molar refractivity (Wildman–Crippen MR) is 155 cm³/mol. The Morgan fingerprint density at radius 3 is 2.60 bits per heavy atom. The molecule has 0 saturated heterocycles. The van der Waals surface area contributed by atoms with Crippen molar-refractivity contribution >= 4 is 56.6 Å². The molecule has 9 nitrogen and oxygen atoms in total. The van der Waals surface area contributed by atoms with Gasteiger partial charge in [-0.3, -0.25) is 19.5 Å². The lowest BCUT2D eigenvalue weighted by molar-refractivity contribution is -0.384. The second-order valence-corrected chi connectivity index (χ2v) is 11.5. The number of fused-ring (bicyclic) bond motifs is 1. The van der Waals surface area contributed by atoms with Gasteiger partial charge in [0.05, 0.1) is 32.9 Å². The van der Waals surface area contributed by atoms with Gasteiger partial charge in [0.25, 0.3) is 11.2 Å². The van der Waals surface area contributed by atoms with E-state index < -0.39 is 16.9 Å². The summed E-state index contributed by atoms with van der Waals surface area (Å²) in [5.41, 5.74) is 1.65. The third kappa shape index (κ3) is 5.32. The van der Waals surface area contributed by atoms with Crippen LogP contribution in [0, 0.1) is 10.1 Å². The molecule has 1 unspecified atom stereocenters. The molecule has 0 radical (unpaired) electrons. The van der Waals surface area contributed by atoms with Crippen LogP contribution in [0.3, 0.4) is 0 Å². The van der Waals surface area contributed by atoms with Crippen molar-refractivity contribution in [2.75, 3.05) is 0 Å². The van der Waals surface area contributed by atoms with Gasteiger partial charge in [-0.25, -0.2) is 9.79 Å². The van der Waals surface area contributed by atoms with E-state index in [1.807, 2.05) is 0 Å². The Balaban J connectivity index is 1.60. The minimum atomic E-state index is -0.759. The van der Waals surface area contributed by atoms with E-state index in [1.54, 1.807) is 69.3 Å². The van der Waals surface area contributed by atoms with E-state index in [0.717, 1.165) is 0 Å². The quantitative estimate of drug-likeness (QED) is 0.150. The van der Waals surface area contributed by atoms with Crippen LogP contribution in [0.25, 0.3) is 17.4 Å². The average molecular weight is 643 g/mol. The molecule has 0 fully saturated rings. The van der Waals surface area contributed by atoms with Crippen molar-refractivity contribution in [2.45, 2.75) is 32.9 Å². The van der Waals surface area contributed by atoms with Crippen LogP contribution in [0.15, 0.2) is 84.5 Å². The molecular weight excluding hydrogens is 622 g/mol. The Morgan fingerprint density at radius 1 is 1.23 bits per heavy atom. The van der Waals surface area contributed by atoms with Gasteiger partial charge in [0.2, 0.25) is 0 Å². The summed E-state index contributed by atoms with van der Waals surface area (Å²) in [4.78, 5) is 42.5. The smallest absolute Gasteiger partial charge is 0.338 e. The minimum Gasteiger partial charge on any atom is -0.459 e. The molecule has 4 aromatic rings. The van der Waals surface area contributed by atoms with E-state index in [2.05, 4.69) is 20.9 Å². The van der Waals surface area contributed by atoms with Crippen molar-refractivity contribution in [3.8, 4) is 11.3 Å². The van der Waals surface area contributed by atoms with Crippen LogP contribution in [0.5, 0.6) is 0 Å². The molecular formula is C28H21BrClN3O6S. The number of nitro groups is 1. The topological polar surface area (TPSA) is 117 Å². The van der Waals surface area contributed by atoms with Crippen LogP contribution in [0.4, 0.5) is 5.69 Å². The number of ether oxygens (including phenoxy) is 1. The van der Waals surface area contributed by atoms with E-state index in [1.165, 1.54) is 28.0 Å². The number of hydrogen-bond donors (Lipinski definition) is 0. The van der Waals surface area contributed by atoms with Crippen molar-refractivity contribution in [2.24, 2.45) is 4.99 Å². The molecule has 5 rings (SSSR count). The molecule has 1 aliphatic rings. The first-order valence-electron chi connectivity index (χ1n) is 12.1. The van der Waals surface area contributed by atoms with Crippen LogP contribution in [0.1, 0.15) is 38.1 Å². The van der Waals surface area contributed by atoms with Gasteiger partial charge in [-0.1, -0.05) is 35.1 Å². The number of nitrogens with zero attached hydrogens (tertiary/aromatic N) is 3. The number of allylic oxidation sites excluding steroid dienone is 1. The van der Waals surface area contributed by atoms with Gasteiger partial charge in [0, 0.05) is 33.3 Å². The Kier molecular flexibility index (Phi) is 7.63. The first kappa shape index (κ1) is 27.8. The van der Waals surface area contributed by atoms with E-state index in [0.29, 0.717) is 47.2 Å². The highest BCUT2D eigenvalue weighted by atomic mass is 79.9. The standard InChI is InChI=1S/C28H21BrClN3O6S/c1-14(2)38-27(35)24-15(3)31-28-32(25(24)16-4-6-17(30)7-5-16)26(34)23(40-28)13-19-9-11-22(39-19)20-10-8-18(33(36)37)12-21(20)29/h4-14,25H,1-3H3/b23-13-. The van der Waals surface area contributed by atoms with Crippen molar-refractivity contribution < 1.29 is 18.9 Å². The number of aromatic nitrogens is 1. The largest absolute Gasteiger partial charge is 0.459 e. The number of halogens is 2. The van der Waals surface area contributed by atoms with E-state index in [4.69, 9.17) is 20.8 Å². The fourth-order valence-electron chi connectivity index (χ4n) is 4.34. The second-order valence-electron chi connectivity index (χ2n) is 9.21. The van der Waals surface area contributed by atoms with Crippen molar-refractivity contribution in [3.05, 3.63) is 116 Å². The summed E-state index contributed by atoms with van der Waals surface area (Å²) in [5, 5.41) is 11.6. The van der Waals surface area contributed by atoms with Crippen molar-refractivity contribution in [1.82, 2.24) is 4.57 Å². The Bertz CT molecular complexity index is 1870. The second kappa shape index (κ2) is 11.0. The predicted octanol–water partition coefficient (Wildman–Crippen LogP) is 5.77. The van der Waals surface area contributed by atoms with E-state index >= 15 is 0 Å². The van der Waals surface area contributed by atoms with Gasteiger partial charge in [-0.2, -0.15) is 0 Å². The summed E-state index contributed by atoms with van der Waals surface area (Å²) in [6.45, 7) is 5.23. The lowest BCUT2D eigenvalue weighted by Crippen LogP contribution is -2.40. The third-order valence-corrected chi connectivity index (χ3v) is 7.99. The zero-order valence-corrected chi connectivity index (χ0v) is 24.5. The Labute approximate surface area is 245 Å². The fourth-order valence-corrected chi connectivity index (χ4v) is 6.06. The minimum absolute atomic E-state index is 0.0503. The molecule has 3 heterocycles. The zero-order chi connectivity index (χ0) is 28.7. The van der Waals surface area contributed by atoms with E-state index in [-0.39, 0.29) is 22.9 Å². The summed E-state index contributed by atoms with van der Waals surface area (Å²) in [7, 11) is 0. The number of thiazole rings is 1. The molecule has 0 aliphatic carbocycles. The fraction of sp³-hybridized carbons (Fsp3) is 0.179. The normalized spacial score (nSPS) is 15.2. The maximum Gasteiger partial charge on any atom is 0.338 e. The monoisotopic (exact) mass is 641 g/mol. The molecule has 1 aliphatic heterocycles. The van der Waals surface area contributed by atoms with Gasteiger partial charge in [-0.15, -0.1) is 0 Å². The first-order chi connectivity index (χ1) is 19.0. The lowest BCUT2D eigenvalue weighted by atomic mass is 9.96. The maximum atomic E-state index is 13.8. The number of nitro benzene ring substituents is 1. The third-order valence-electron chi connectivity index (χ3n) is 6.10. The van der Waals surface area contributed by atoms with Crippen LogP contribution in [0.2, 0.25) is 5.02 Å². The molecule has 0 saturated carbocycles. The molecule has 12 heteroatoms. The van der Waals surface area contributed by atoms with Gasteiger partial charge in [0.15, 0.2) is 4.80 Å². The summed E-state index contributed by atoms with van der Waals surface area (Å²) >= 11 is 10.6. The zero-order valence-electron chi connectivity index (χ0n) is 21.4. The SMILES string of the molecule is CC1=C(C(=O)OC(C)C)C(c2ccc(Cl)cc2)n2c(s/c(=C\c3ccc(-c4ccc([N+](=O)[O-])cc4Br)o3)c2=O)=N1. The average Bonchev–Trinajstić information content (AvgIpc) is 3.47. The number of benzene rings is 2. The summed E-state index contributed by atoms with van der Waals surface area (Å²) in [6, 6.07) is 14.0. The van der Waals surface area contributed by atoms with Crippen LogP contribution in [-0.2, 0) is 9.53 Å². The summed E-state index contributed by atoms with van der Waals surface area (Å²) in [5.74, 6) is 0.327. The van der Waals surface area contributed by atoms with Gasteiger partial charge < -0.3 is 9.15 Å². The number of non-ortho nitro benzene ring substituents is 1. The highest BCUT2D eigenvalue weighted by molar-refractivity contribution is 9.10. The van der Waals surface area contributed by atoms with Crippen molar-refractivity contribution in [1.29, 1.82) is 0 Å². The molecule has 2 aromatic heterocycles. The Morgan fingerprint density at radius 2 is 1.95 bits per heavy atom. The number of rotatable bonds is 6. The van der Waals surface area contributed by atoms with Crippen LogP contribution >= 0.6 is 38.9 Å². The number of carbonyl (C=O) groups is 1. The molecule has 1 atom stereocenters. The van der Waals surface area contributed by atoms with Crippen LogP contribution < -0.4 is 14.9 Å². The van der Waals surface area contributed by atoms with Crippen LogP contribution in [-0.4, -0.2) is 21.6 Å². The molecule has 0 spiro atoms. The highest BCUT2D eigenvalue weighted by Crippen LogP contribution is 2.33. The number of hydrogen-bond acceptors (Lipinski definition) is 8. The molecule has 2 aromatic carbocycles. The molecule has 0 N–H and O–H groups in total.